The largest absolute Gasteiger partial charge is 0.341 e. The first-order valence-electron chi connectivity index (χ1n) is 8.34. The van der Waals surface area contributed by atoms with Crippen molar-refractivity contribution in [3.8, 4) is 6.07 Å². The molecule has 120 valence electrons. The quantitative estimate of drug-likeness (QED) is 0.725. The van der Waals surface area contributed by atoms with E-state index in [4.69, 9.17) is 0 Å². The van der Waals surface area contributed by atoms with E-state index >= 15 is 0 Å². The monoisotopic (exact) mass is 293 g/mol. The predicted molar refractivity (Wildman–Crippen MR) is 85.7 cm³/mol. The first-order chi connectivity index (χ1) is 9.99. The summed E-state index contributed by atoms with van der Waals surface area (Å²) in [7, 11) is 4.20. The summed E-state index contributed by atoms with van der Waals surface area (Å²) < 4.78 is 0. The Kier molecular flexibility index (Phi) is 7.17. The maximum atomic E-state index is 12.9. The standard InChI is InChI=1S/C17H31N3O/c1-5-9-17(14-18,10-6-2)16(21)20-11-7-15(8-12-20)13-19(3)4/h15H,5-13H2,1-4H3. The van der Waals surface area contributed by atoms with Gasteiger partial charge < -0.3 is 9.80 Å². The van der Waals surface area contributed by atoms with Gasteiger partial charge in [-0.3, -0.25) is 4.79 Å². The van der Waals surface area contributed by atoms with E-state index < -0.39 is 5.41 Å². The molecule has 0 atom stereocenters. The topological polar surface area (TPSA) is 47.3 Å². The number of amides is 1. The summed E-state index contributed by atoms with van der Waals surface area (Å²) in [6.07, 6.45) is 5.27. The number of piperidine rings is 1. The highest BCUT2D eigenvalue weighted by molar-refractivity contribution is 5.85. The Morgan fingerprint density at radius 3 is 2.14 bits per heavy atom. The number of nitrogens with zero attached hydrogens (tertiary/aromatic N) is 3. The molecule has 21 heavy (non-hydrogen) atoms. The van der Waals surface area contributed by atoms with E-state index in [-0.39, 0.29) is 5.91 Å². The SMILES string of the molecule is CCCC(C#N)(CCC)C(=O)N1CCC(CN(C)C)CC1. The van der Waals surface area contributed by atoms with Crippen LogP contribution in [0.1, 0.15) is 52.4 Å². The van der Waals surface area contributed by atoms with Crippen LogP contribution in [-0.2, 0) is 4.79 Å². The van der Waals surface area contributed by atoms with Crippen molar-refractivity contribution >= 4 is 5.91 Å². The Morgan fingerprint density at radius 1 is 1.24 bits per heavy atom. The normalized spacial score (nSPS) is 17.0. The Labute approximate surface area is 130 Å². The van der Waals surface area contributed by atoms with E-state index in [1.54, 1.807) is 0 Å². The molecular weight excluding hydrogens is 262 g/mol. The zero-order chi connectivity index (χ0) is 15.9. The third-order valence-corrected chi connectivity index (χ3v) is 4.50. The van der Waals surface area contributed by atoms with E-state index in [0.717, 1.165) is 45.3 Å². The molecule has 1 saturated heterocycles. The van der Waals surface area contributed by atoms with Gasteiger partial charge in [0.15, 0.2) is 0 Å². The van der Waals surface area contributed by atoms with Gasteiger partial charge in [0.25, 0.3) is 0 Å². The van der Waals surface area contributed by atoms with Gasteiger partial charge in [0.1, 0.15) is 5.41 Å². The van der Waals surface area contributed by atoms with Crippen LogP contribution in [0.2, 0.25) is 0 Å². The Morgan fingerprint density at radius 2 is 1.76 bits per heavy atom. The summed E-state index contributed by atoms with van der Waals surface area (Å²) in [5.41, 5.74) is -0.780. The molecule has 0 N–H and O–H groups in total. The highest BCUT2D eigenvalue weighted by Gasteiger charge is 2.40. The Hall–Kier alpha value is -1.08. The lowest BCUT2D eigenvalue weighted by atomic mass is 9.78. The van der Waals surface area contributed by atoms with Gasteiger partial charge in [-0.2, -0.15) is 5.26 Å². The minimum atomic E-state index is -0.780. The minimum absolute atomic E-state index is 0.0806. The highest BCUT2D eigenvalue weighted by atomic mass is 16.2. The molecule has 0 bridgehead atoms. The first kappa shape index (κ1) is 18.0. The van der Waals surface area contributed by atoms with Crippen molar-refractivity contribution in [1.29, 1.82) is 5.26 Å². The maximum Gasteiger partial charge on any atom is 0.243 e. The van der Waals surface area contributed by atoms with Gasteiger partial charge >= 0.3 is 0 Å². The van der Waals surface area contributed by atoms with Crippen molar-refractivity contribution in [1.82, 2.24) is 9.80 Å². The summed E-state index contributed by atoms with van der Waals surface area (Å²) in [6.45, 7) is 6.83. The Bertz CT molecular complexity index is 359. The van der Waals surface area contributed by atoms with Crippen molar-refractivity contribution in [2.45, 2.75) is 52.4 Å². The zero-order valence-corrected chi connectivity index (χ0v) is 14.2. The van der Waals surface area contributed by atoms with Crippen molar-refractivity contribution in [3.63, 3.8) is 0 Å². The molecule has 0 aromatic carbocycles. The lowest BCUT2D eigenvalue weighted by molar-refractivity contribution is -0.141. The minimum Gasteiger partial charge on any atom is -0.341 e. The molecule has 0 aromatic rings. The molecule has 1 aliphatic heterocycles. The molecule has 4 nitrogen and oxygen atoms in total. The van der Waals surface area contributed by atoms with Crippen LogP contribution in [0.4, 0.5) is 0 Å². The number of likely N-dealkylation sites (tertiary alicyclic amines) is 1. The van der Waals surface area contributed by atoms with E-state index in [0.29, 0.717) is 18.8 Å². The number of hydrogen-bond acceptors (Lipinski definition) is 3. The number of rotatable bonds is 7. The molecule has 1 fully saturated rings. The van der Waals surface area contributed by atoms with E-state index in [1.807, 2.05) is 4.90 Å². The second kappa shape index (κ2) is 8.38. The smallest absolute Gasteiger partial charge is 0.243 e. The summed E-state index contributed by atoms with van der Waals surface area (Å²) in [5.74, 6) is 0.759. The molecule has 0 radical (unpaired) electrons. The first-order valence-corrected chi connectivity index (χ1v) is 8.34. The molecule has 0 saturated carbocycles. The summed E-state index contributed by atoms with van der Waals surface area (Å²) in [4.78, 5) is 17.0. The van der Waals surface area contributed by atoms with E-state index in [1.165, 1.54) is 0 Å². The fourth-order valence-electron chi connectivity index (χ4n) is 3.49. The van der Waals surface area contributed by atoms with E-state index in [2.05, 4.69) is 38.9 Å². The van der Waals surface area contributed by atoms with Crippen LogP contribution in [0.25, 0.3) is 0 Å². The summed E-state index contributed by atoms with van der Waals surface area (Å²) >= 11 is 0. The molecule has 0 unspecified atom stereocenters. The molecule has 1 aliphatic rings. The van der Waals surface area contributed by atoms with Crippen LogP contribution >= 0.6 is 0 Å². The second-order valence-electron chi connectivity index (χ2n) is 6.69. The van der Waals surface area contributed by atoms with Crippen LogP contribution < -0.4 is 0 Å². The van der Waals surface area contributed by atoms with Crippen LogP contribution in [0.5, 0.6) is 0 Å². The third kappa shape index (κ3) is 4.71. The van der Waals surface area contributed by atoms with Gasteiger partial charge in [0.2, 0.25) is 5.91 Å². The number of carbonyl (C=O) groups excluding carboxylic acids is 1. The van der Waals surface area contributed by atoms with Crippen molar-refractivity contribution in [2.75, 3.05) is 33.7 Å². The molecule has 1 heterocycles. The van der Waals surface area contributed by atoms with Crippen LogP contribution in [0.15, 0.2) is 0 Å². The van der Waals surface area contributed by atoms with Crippen LogP contribution in [-0.4, -0.2) is 49.4 Å². The van der Waals surface area contributed by atoms with Gasteiger partial charge in [0.05, 0.1) is 6.07 Å². The lowest BCUT2D eigenvalue weighted by Crippen LogP contribution is -2.47. The molecule has 0 aliphatic carbocycles. The molecule has 4 heteroatoms. The van der Waals surface area contributed by atoms with Crippen molar-refractivity contribution in [3.05, 3.63) is 0 Å². The average molecular weight is 293 g/mol. The van der Waals surface area contributed by atoms with Gasteiger partial charge in [-0.15, -0.1) is 0 Å². The van der Waals surface area contributed by atoms with Crippen molar-refractivity contribution in [2.24, 2.45) is 11.3 Å². The predicted octanol–water partition coefficient (Wildman–Crippen LogP) is 2.90. The highest BCUT2D eigenvalue weighted by Crippen LogP contribution is 2.33. The van der Waals surface area contributed by atoms with Gasteiger partial charge in [0, 0.05) is 19.6 Å². The van der Waals surface area contributed by atoms with Crippen LogP contribution in [0, 0.1) is 22.7 Å². The fourth-order valence-corrected chi connectivity index (χ4v) is 3.49. The fraction of sp³-hybridized carbons (Fsp3) is 0.882. The number of hydrogen-bond donors (Lipinski definition) is 0. The van der Waals surface area contributed by atoms with Gasteiger partial charge in [-0.1, -0.05) is 26.7 Å². The van der Waals surface area contributed by atoms with E-state index in [9.17, 15) is 10.1 Å². The summed E-state index contributed by atoms with van der Waals surface area (Å²) in [6, 6.07) is 2.36. The third-order valence-electron chi connectivity index (χ3n) is 4.50. The van der Waals surface area contributed by atoms with Crippen molar-refractivity contribution < 1.29 is 4.79 Å². The molecular formula is C17H31N3O. The lowest BCUT2D eigenvalue weighted by Gasteiger charge is -2.37. The maximum absolute atomic E-state index is 12.9. The zero-order valence-electron chi connectivity index (χ0n) is 14.2. The number of nitriles is 1. The second-order valence-corrected chi connectivity index (χ2v) is 6.69. The van der Waals surface area contributed by atoms with Gasteiger partial charge in [-0.25, -0.2) is 0 Å². The molecule has 1 rings (SSSR count). The van der Waals surface area contributed by atoms with Crippen LogP contribution in [0.3, 0.4) is 0 Å². The molecule has 1 amide bonds. The molecule has 0 spiro atoms. The number of carbonyl (C=O) groups is 1. The average Bonchev–Trinajstić information content (AvgIpc) is 2.46. The Balaban J connectivity index is 2.68. The molecule has 0 aromatic heterocycles. The van der Waals surface area contributed by atoms with Gasteiger partial charge in [-0.05, 0) is 45.7 Å². The summed E-state index contributed by atoms with van der Waals surface area (Å²) in [5, 5.41) is 9.61.